The summed E-state index contributed by atoms with van der Waals surface area (Å²) in [6.07, 6.45) is 1.88. The van der Waals surface area contributed by atoms with Crippen molar-refractivity contribution in [1.29, 1.82) is 0 Å². The van der Waals surface area contributed by atoms with Crippen LogP contribution in [0, 0.1) is 0 Å². The zero-order chi connectivity index (χ0) is 15.4. The number of hydrogen-bond acceptors (Lipinski definition) is 6. The number of aromatic nitrogens is 2. The summed E-state index contributed by atoms with van der Waals surface area (Å²) in [6, 6.07) is 7.94. The van der Waals surface area contributed by atoms with Gasteiger partial charge in [0.1, 0.15) is 6.10 Å². The number of carbonyl (C=O) groups is 1. The molecule has 0 radical (unpaired) electrons. The quantitative estimate of drug-likeness (QED) is 0.882. The van der Waals surface area contributed by atoms with E-state index in [0.29, 0.717) is 18.5 Å². The molecule has 0 saturated carbocycles. The highest BCUT2D eigenvalue weighted by Gasteiger charge is 2.23. The fraction of sp³-hybridized carbons (Fsp3) is 0.400. The Hall–Kier alpha value is -2.41. The molecule has 1 unspecified atom stereocenters. The van der Waals surface area contributed by atoms with Gasteiger partial charge in [-0.1, -0.05) is 17.2 Å². The van der Waals surface area contributed by atoms with Crippen molar-refractivity contribution in [2.45, 2.75) is 32.4 Å². The van der Waals surface area contributed by atoms with Gasteiger partial charge in [-0.15, -0.1) is 5.10 Å². The van der Waals surface area contributed by atoms with Crippen molar-refractivity contribution >= 4 is 17.6 Å². The van der Waals surface area contributed by atoms with Gasteiger partial charge in [0.15, 0.2) is 0 Å². The zero-order valence-electron chi connectivity index (χ0n) is 12.3. The van der Waals surface area contributed by atoms with Crippen molar-refractivity contribution in [2.24, 2.45) is 0 Å². The summed E-state index contributed by atoms with van der Waals surface area (Å²) in [6.45, 7) is 2.79. The molecule has 116 valence electrons. The maximum Gasteiger partial charge on any atom is 0.315 e. The third-order valence-corrected chi connectivity index (χ3v) is 3.36. The molecule has 3 rings (SSSR count). The number of carbonyl (C=O) groups excluding carboxylic acids is 1. The summed E-state index contributed by atoms with van der Waals surface area (Å²) < 4.78 is 11.1. The van der Waals surface area contributed by atoms with Crippen molar-refractivity contribution < 1.29 is 13.9 Å². The minimum absolute atomic E-state index is 0.0695. The molecule has 0 bridgehead atoms. The first-order valence-corrected chi connectivity index (χ1v) is 7.26. The average molecular weight is 302 g/mol. The Morgan fingerprint density at radius 1 is 1.32 bits per heavy atom. The smallest absolute Gasteiger partial charge is 0.315 e. The Labute approximate surface area is 128 Å². The summed E-state index contributed by atoms with van der Waals surface area (Å²) in [4.78, 5) is 11.0. The van der Waals surface area contributed by atoms with Crippen LogP contribution in [-0.4, -0.2) is 22.7 Å². The van der Waals surface area contributed by atoms with E-state index in [4.69, 9.17) is 9.15 Å². The van der Waals surface area contributed by atoms with E-state index in [1.807, 2.05) is 24.3 Å². The Morgan fingerprint density at radius 2 is 2.14 bits per heavy atom. The highest BCUT2D eigenvalue weighted by molar-refractivity contribution is 5.88. The number of nitrogens with one attached hydrogen (secondary N) is 2. The molecule has 1 aliphatic rings. The molecule has 2 heterocycles. The molecule has 22 heavy (non-hydrogen) atoms. The lowest BCUT2D eigenvalue weighted by molar-refractivity contribution is -0.114. The molecule has 2 N–H and O–H groups in total. The van der Waals surface area contributed by atoms with E-state index >= 15 is 0 Å². The molecule has 7 nitrogen and oxygen atoms in total. The number of ether oxygens (including phenoxy) is 1. The van der Waals surface area contributed by atoms with Crippen molar-refractivity contribution in [1.82, 2.24) is 10.2 Å². The highest BCUT2D eigenvalue weighted by Crippen LogP contribution is 2.28. The fourth-order valence-electron chi connectivity index (χ4n) is 2.30. The van der Waals surface area contributed by atoms with Crippen LogP contribution < -0.4 is 10.6 Å². The minimum atomic E-state index is -0.0848. The summed E-state index contributed by atoms with van der Waals surface area (Å²) in [5, 5.41) is 13.8. The van der Waals surface area contributed by atoms with Crippen LogP contribution in [0.4, 0.5) is 11.7 Å². The maximum absolute atomic E-state index is 11.0. The first-order valence-electron chi connectivity index (χ1n) is 7.26. The maximum atomic E-state index is 11.0. The number of benzene rings is 1. The van der Waals surface area contributed by atoms with Crippen LogP contribution in [0.15, 0.2) is 28.7 Å². The third-order valence-electron chi connectivity index (χ3n) is 3.36. The minimum Gasteiger partial charge on any atom is -0.405 e. The van der Waals surface area contributed by atoms with Gasteiger partial charge in [0.05, 0.1) is 0 Å². The van der Waals surface area contributed by atoms with Gasteiger partial charge in [0, 0.05) is 25.8 Å². The van der Waals surface area contributed by atoms with E-state index in [1.54, 1.807) is 0 Å². The molecule has 1 amide bonds. The van der Waals surface area contributed by atoms with Crippen molar-refractivity contribution in [3.05, 3.63) is 35.7 Å². The predicted octanol–water partition coefficient (Wildman–Crippen LogP) is 2.49. The number of rotatable bonds is 5. The molecule has 1 aromatic heterocycles. The SMILES string of the molecule is CC(=O)Nc1ccc(CNc2nnc(C3CCCO3)o2)cc1. The van der Waals surface area contributed by atoms with E-state index in [-0.39, 0.29) is 12.0 Å². The summed E-state index contributed by atoms with van der Waals surface area (Å²) in [5.74, 6) is 0.444. The Morgan fingerprint density at radius 3 is 2.82 bits per heavy atom. The van der Waals surface area contributed by atoms with Crippen LogP contribution in [0.2, 0.25) is 0 Å². The molecule has 1 atom stereocenters. The standard InChI is InChI=1S/C15H18N4O3/c1-10(20)17-12-6-4-11(5-7-12)9-16-15-19-18-14(22-15)13-3-2-8-21-13/h4-7,13H,2-3,8-9H2,1H3,(H,16,19)(H,17,20). The van der Waals surface area contributed by atoms with Crippen LogP contribution >= 0.6 is 0 Å². The fourth-order valence-corrected chi connectivity index (χ4v) is 2.30. The second kappa shape index (κ2) is 6.57. The summed E-state index contributed by atoms with van der Waals surface area (Å²) >= 11 is 0. The summed E-state index contributed by atoms with van der Waals surface area (Å²) in [5.41, 5.74) is 1.82. The van der Waals surface area contributed by atoms with Crippen molar-refractivity contribution in [3.63, 3.8) is 0 Å². The van der Waals surface area contributed by atoms with E-state index in [1.165, 1.54) is 6.92 Å². The second-order valence-electron chi connectivity index (χ2n) is 5.18. The van der Waals surface area contributed by atoms with Gasteiger partial charge in [0.25, 0.3) is 0 Å². The van der Waals surface area contributed by atoms with Crippen LogP contribution in [0.1, 0.15) is 37.3 Å². The lowest BCUT2D eigenvalue weighted by Gasteiger charge is -2.05. The first kappa shape index (κ1) is 14.5. The lowest BCUT2D eigenvalue weighted by Crippen LogP contribution is -2.06. The van der Waals surface area contributed by atoms with E-state index in [9.17, 15) is 4.79 Å². The van der Waals surface area contributed by atoms with Crippen molar-refractivity contribution in [2.75, 3.05) is 17.2 Å². The predicted molar refractivity (Wildman–Crippen MR) is 80.3 cm³/mol. The Kier molecular flexibility index (Phi) is 4.34. The Balaban J connectivity index is 1.54. The van der Waals surface area contributed by atoms with E-state index < -0.39 is 0 Å². The van der Waals surface area contributed by atoms with Crippen LogP contribution in [0.5, 0.6) is 0 Å². The first-order chi connectivity index (χ1) is 10.7. The van der Waals surface area contributed by atoms with Gasteiger partial charge in [-0.25, -0.2) is 0 Å². The second-order valence-corrected chi connectivity index (χ2v) is 5.18. The van der Waals surface area contributed by atoms with Gasteiger partial charge in [0.2, 0.25) is 11.8 Å². The number of amides is 1. The molecule has 7 heteroatoms. The number of nitrogens with zero attached hydrogens (tertiary/aromatic N) is 2. The van der Waals surface area contributed by atoms with Crippen LogP contribution in [-0.2, 0) is 16.1 Å². The molecule has 2 aromatic rings. The van der Waals surface area contributed by atoms with Crippen LogP contribution in [0.25, 0.3) is 0 Å². The van der Waals surface area contributed by atoms with Gasteiger partial charge in [-0.2, -0.15) is 0 Å². The van der Waals surface area contributed by atoms with E-state index in [0.717, 1.165) is 30.7 Å². The summed E-state index contributed by atoms with van der Waals surface area (Å²) in [7, 11) is 0. The largest absolute Gasteiger partial charge is 0.405 e. The molecule has 0 spiro atoms. The van der Waals surface area contributed by atoms with Crippen molar-refractivity contribution in [3.8, 4) is 0 Å². The van der Waals surface area contributed by atoms with Gasteiger partial charge in [-0.05, 0) is 30.5 Å². The highest BCUT2D eigenvalue weighted by atomic mass is 16.5. The number of hydrogen-bond donors (Lipinski definition) is 2. The molecular weight excluding hydrogens is 284 g/mol. The zero-order valence-corrected chi connectivity index (χ0v) is 12.3. The molecule has 0 aliphatic carbocycles. The number of anilines is 2. The monoisotopic (exact) mass is 302 g/mol. The molecular formula is C15H18N4O3. The normalized spacial score (nSPS) is 17.4. The molecule has 1 aromatic carbocycles. The third kappa shape index (κ3) is 3.62. The van der Waals surface area contributed by atoms with Gasteiger partial charge in [-0.3, -0.25) is 4.79 Å². The molecule has 1 aliphatic heterocycles. The van der Waals surface area contributed by atoms with Crippen LogP contribution in [0.3, 0.4) is 0 Å². The topological polar surface area (TPSA) is 89.3 Å². The average Bonchev–Trinajstić information content (AvgIpc) is 3.17. The molecule has 1 saturated heterocycles. The van der Waals surface area contributed by atoms with Gasteiger partial charge >= 0.3 is 6.01 Å². The lowest BCUT2D eigenvalue weighted by atomic mass is 10.2. The molecule has 1 fully saturated rings. The Bertz CT molecular complexity index is 632. The van der Waals surface area contributed by atoms with Gasteiger partial charge < -0.3 is 19.8 Å². The van der Waals surface area contributed by atoms with E-state index in [2.05, 4.69) is 20.8 Å².